The quantitative estimate of drug-likeness (QED) is 0.618. The smallest absolute Gasteiger partial charge is 0.248 e. The Morgan fingerprint density at radius 2 is 1.87 bits per heavy atom. The van der Waals surface area contributed by atoms with Gasteiger partial charge in [0.05, 0.1) is 22.7 Å². The second-order valence-corrected chi connectivity index (χ2v) is 7.20. The van der Waals surface area contributed by atoms with Gasteiger partial charge < -0.3 is 15.4 Å². The number of aromatic nitrogens is 2. The lowest BCUT2D eigenvalue weighted by molar-refractivity contribution is -0.125. The summed E-state index contributed by atoms with van der Waals surface area (Å²) in [5, 5.41) is 10.6. The van der Waals surface area contributed by atoms with Crippen LogP contribution in [0.15, 0.2) is 42.5 Å². The van der Waals surface area contributed by atoms with Crippen molar-refractivity contribution in [2.75, 3.05) is 5.32 Å². The van der Waals surface area contributed by atoms with Gasteiger partial charge in [-0.1, -0.05) is 13.0 Å². The van der Waals surface area contributed by atoms with Crippen LogP contribution in [0.2, 0.25) is 0 Å². The molecule has 30 heavy (non-hydrogen) atoms. The summed E-state index contributed by atoms with van der Waals surface area (Å²) in [6.45, 7) is 6.99. The van der Waals surface area contributed by atoms with Crippen LogP contribution >= 0.6 is 0 Å². The number of carbonyl (C=O) groups is 2. The lowest BCUT2D eigenvalue weighted by Crippen LogP contribution is -2.42. The molecule has 0 aliphatic carbocycles. The van der Waals surface area contributed by atoms with E-state index in [1.165, 1.54) is 19.1 Å². The molecule has 1 aromatic heterocycles. The van der Waals surface area contributed by atoms with E-state index >= 15 is 0 Å². The van der Waals surface area contributed by atoms with Crippen molar-refractivity contribution in [2.45, 2.75) is 46.3 Å². The van der Waals surface area contributed by atoms with Crippen molar-refractivity contribution >= 4 is 28.5 Å². The van der Waals surface area contributed by atoms with Gasteiger partial charge in [-0.05, 0) is 56.7 Å². The fourth-order valence-corrected chi connectivity index (χ4v) is 3.16. The van der Waals surface area contributed by atoms with Crippen molar-refractivity contribution in [3.63, 3.8) is 0 Å². The summed E-state index contributed by atoms with van der Waals surface area (Å²) >= 11 is 0. The minimum absolute atomic E-state index is 0.0870. The first-order valence-corrected chi connectivity index (χ1v) is 9.82. The molecule has 0 saturated carbocycles. The first kappa shape index (κ1) is 21.3. The molecule has 2 aromatic carbocycles. The average Bonchev–Trinajstić information content (AvgIpc) is 3.05. The third-order valence-electron chi connectivity index (χ3n) is 4.45. The maximum Gasteiger partial charge on any atom is 0.248 e. The Morgan fingerprint density at radius 1 is 1.17 bits per heavy atom. The number of anilines is 1. The maximum absolute atomic E-state index is 13.4. The SMILES string of the molecule is CC[C@@H](NC(C)=O)C(=O)Nc1nn(-c2ccc(F)cc2)c2cccc(OC(C)C)c12. The number of benzene rings is 2. The number of rotatable bonds is 7. The number of fused-ring (bicyclic) bond motifs is 1. The zero-order valence-corrected chi connectivity index (χ0v) is 17.4. The number of ether oxygens (including phenoxy) is 1. The van der Waals surface area contributed by atoms with Gasteiger partial charge >= 0.3 is 0 Å². The molecule has 0 saturated heterocycles. The van der Waals surface area contributed by atoms with Gasteiger partial charge in [-0.25, -0.2) is 9.07 Å². The highest BCUT2D eigenvalue weighted by molar-refractivity contribution is 6.05. The summed E-state index contributed by atoms with van der Waals surface area (Å²) in [7, 11) is 0. The molecular weight excluding hydrogens is 387 g/mol. The molecule has 0 spiro atoms. The highest BCUT2D eigenvalue weighted by atomic mass is 19.1. The zero-order chi connectivity index (χ0) is 21.8. The fraction of sp³-hybridized carbons (Fsp3) is 0.318. The van der Waals surface area contributed by atoms with Gasteiger partial charge in [-0.15, -0.1) is 5.10 Å². The molecule has 0 aliphatic heterocycles. The molecule has 3 rings (SSSR count). The van der Waals surface area contributed by atoms with Crippen LogP contribution in [0, 0.1) is 5.82 Å². The number of amides is 2. The molecule has 3 aromatic rings. The normalized spacial score (nSPS) is 12.1. The summed E-state index contributed by atoms with van der Waals surface area (Å²) in [6.07, 6.45) is 0.341. The van der Waals surface area contributed by atoms with E-state index in [4.69, 9.17) is 4.74 Å². The molecule has 2 N–H and O–H groups in total. The van der Waals surface area contributed by atoms with Crippen LogP contribution in [0.5, 0.6) is 5.75 Å². The van der Waals surface area contributed by atoms with Crippen molar-refractivity contribution in [3.05, 3.63) is 48.3 Å². The topological polar surface area (TPSA) is 85.3 Å². The Balaban J connectivity index is 2.11. The van der Waals surface area contributed by atoms with E-state index in [2.05, 4.69) is 15.7 Å². The minimum atomic E-state index is -0.688. The van der Waals surface area contributed by atoms with Crippen molar-refractivity contribution < 1.29 is 18.7 Å². The number of carbonyl (C=O) groups excluding carboxylic acids is 2. The fourth-order valence-electron chi connectivity index (χ4n) is 3.16. The van der Waals surface area contributed by atoms with Crippen LogP contribution in [-0.4, -0.2) is 33.7 Å². The molecule has 158 valence electrons. The molecule has 0 fully saturated rings. The van der Waals surface area contributed by atoms with E-state index in [9.17, 15) is 14.0 Å². The third kappa shape index (κ3) is 4.59. The molecular formula is C22H25FN4O3. The summed E-state index contributed by atoms with van der Waals surface area (Å²) < 4.78 is 20.9. The van der Waals surface area contributed by atoms with Crippen LogP contribution in [0.4, 0.5) is 10.2 Å². The van der Waals surface area contributed by atoms with Crippen molar-refractivity contribution in [1.82, 2.24) is 15.1 Å². The van der Waals surface area contributed by atoms with Crippen molar-refractivity contribution in [1.29, 1.82) is 0 Å². The summed E-state index contributed by atoms with van der Waals surface area (Å²) in [5.74, 6) is -0.146. The standard InChI is InChI=1S/C22H25FN4O3/c1-5-17(24-14(4)28)22(29)25-21-20-18(7-6-8-19(20)30-13(2)3)27(26-21)16-11-9-15(23)10-12-16/h6-13,17H,5H2,1-4H3,(H,24,28)(H,25,26,29)/t17-/m1/s1. The molecule has 8 heteroatoms. The van der Waals surface area contributed by atoms with Crippen LogP contribution < -0.4 is 15.4 Å². The van der Waals surface area contributed by atoms with Gasteiger partial charge in [-0.3, -0.25) is 9.59 Å². The average molecular weight is 412 g/mol. The largest absolute Gasteiger partial charge is 0.490 e. The molecule has 0 unspecified atom stereocenters. The second kappa shape index (κ2) is 8.94. The molecule has 1 heterocycles. The first-order valence-electron chi connectivity index (χ1n) is 9.82. The van der Waals surface area contributed by atoms with E-state index in [1.54, 1.807) is 22.9 Å². The van der Waals surface area contributed by atoms with Crippen LogP contribution in [0.3, 0.4) is 0 Å². The Kier molecular flexibility index (Phi) is 6.34. The highest BCUT2D eigenvalue weighted by Crippen LogP contribution is 2.34. The predicted octanol–water partition coefficient (Wildman–Crippen LogP) is 3.81. The predicted molar refractivity (Wildman–Crippen MR) is 113 cm³/mol. The van der Waals surface area contributed by atoms with Gasteiger partial charge in [0.1, 0.15) is 17.6 Å². The third-order valence-corrected chi connectivity index (χ3v) is 4.45. The maximum atomic E-state index is 13.4. The Bertz CT molecular complexity index is 1060. The lowest BCUT2D eigenvalue weighted by Gasteiger charge is -2.15. The van der Waals surface area contributed by atoms with E-state index in [0.717, 1.165) is 0 Å². The monoisotopic (exact) mass is 412 g/mol. The van der Waals surface area contributed by atoms with Crippen LogP contribution in [-0.2, 0) is 9.59 Å². The van der Waals surface area contributed by atoms with Gasteiger partial charge in [0.15, 0.2) is 5.82 Å². The van der Waals surface area contributed by atoms with E-state index in [0.29, 0.717) is 34.6 Å². The van der Waals surface area contributed by atoms with E-state index in [-0.39, 0.29) is 23.7 Å². The molecule has 0 bridgehead atoms. The Morgan fingerprint density at radius 3 is 2.47 bits per heavy atom. The number of hydrogen-bond donors (Lipinski definition) is 2. The van der Waals surface area contributed by atoms with Gasteiger partial charge in [0.2, 0.25) is 11.8 Å². The number of halogens is 1. The molecule has 0 aliphatic rings. The lowest BCUT2D eigenvalue weighted by atomic mass is 10.2. The summed E-state index contributed by atoms with van der Waals surface area (Å²) in [4.78, 5) is 24.2. The summed E-state index contributed by atoms with van der Waals surface area (Å²) in [6, 6.07) is 10.7. The Hall–Kier alpha value is -3.42. The van der Waals surface area contributed by atoms with Crippen LogP contribution in [0.25, 0.3) is 16.6 Å². The van der Waals surface area contributed by atoms with Gasteiger partial charge in [0, 0.05) is 6.92 Å². The second-order valence-electron chi connectivity index (χ2n) is 7.20. The number of hydrogen-bond acceptors (Lipinski definition) is 4. The molecule has 7 nitrogen and oxygen atoms in total. The highest BCUT2D eigenvalue weighted by Gasteiger charge is 2.23. The first-order chi connectivity index (χ1) is 14.3. The van der Waals surface area contributed by atoms with Crippen molar-refractivity contribution in [2.24, 2.45) is 0 Å². The Labute approximate surface area is 174 Å². The van der Waals surface area contributed by atoms with Crippen LogP contribution in [0.1, 0.15) is 34.1 Å². The van der Waals surface area contributed by atoms with Gasteiger partial charge in [0.25, 0.3) is 0 Å². The van der Waals surface area contributed by atoms with Gasteiger partial charge in [-0.2, -0.15) is 0 Å². The minimum Gasteiger partial charge on any atom is -0.490 e. The van der Waals surface area contributed by atoms with E-state index in [1.807, 2.05) is 32.9 Å². The number of nitrogens with zero attached hydrogens (tertiary/aromatic N) is 2. The summed E-state index contributed by atoms with van der Waals surface area (Å²) in [5.41, 5.74) is 1.33. The molecule has 0 radical (unpaired) electrons. The number of nitrogens with one attached hydrogen (secondary N) is 2. The van der Waals surface area contributed by atoms with Crippen molar-refractivity contribution in [3.8, 4) is 11.4 Å². The molecule has 2 amide bonds. The zero-order valence-electron chi connectivity index (χ0n) is 17.4. The van der Waals surface area contributed by atoms with E-state index < -0.39 is 6.04 Å². The molecule has 1 atom stereocenters.